The molecule has 0 N–H and O–H groups in total. The number of hydrogen-bond donors (Lipinski definition) is 0. The Kier molecular flexibility index (Phi) is 3.42. The second-order valence-electron chi connectivity index (χ2n) is 3.53. The molecular weight excluding hydrogens is 270 g/mol. The molecule has 0 unspecified atom stereocenters. The number of benzene rings is 1. The third kappa shape index (κ3) is 2.08. The zero-order valence-electron chi connectivity index (χ0n) is 8.96. The summed E-state index contributed by atoms with van der Waals surface area (Å²) < 4.78 is 3.46. The van der Waals surface area contributed by atoms with Crippen molar-refractivity contribution in [2.24, 2.45) is 0 Å². The summed E-state index contributed by atoms with van der Waals surface area (Å²) in [5.74, 6) is 1.09. The van der Waals surface area contributed by atoms with Gasteiger partial charge in [0.2, 0.25) is 0 Å². The third-order valence-corrected chi connectivity index (χ3v) is 3.66. The van der Waals surface area contributed by atoms with Crippen LogP contribution in [-0.4, -0.2) is 10.8 Å². The smallest absolute Gasteiger partial charge is 0.0494 e. The summed E-state index contributed by atoms with van der Waals surface area (Å²) >= 11 is 5.40. The maximum Gasteiger partial charge on any atom is 0.0494 e. The molecule has 1 aromatic carbocycles. The van der Waals surface area contributed by atoms with Crippen LogP contribution in [0.3, 0.4) is 0 Å². The van der Waals surface area contributed by atoms with Crippen molar-refractivity contribution in [3.05, 3.63) is 34.4 Å². The van der Waals surface area contributed by atoms with Crippen LogP contribution in [0.15, 0.2) is 28.9 Å². The van der Waals surface area contributed by atoms with Crippen LogP contribution in [0.4, 0.5) is 0 Å². The van der Waals surface area contributed by atoms with Crippen molar-refractivity contribution in [3.63, 3.8) is 0 Å². The van der Waals surface area contributed by atoms with Gasteiger partial charge in [-0.2, -0.15) is 11.8 Å². The summed E-state index contributed by atoms with van der Waals surface area (Å²) in [6, 6.07) is 6.52. The lowest BCUT2D eigenvalue weighted by Gasteiger charge is -2.00. The topological polar surface area (TPSA) is 4.93 Å². The van der Waals surface area contributed by atoms with Gasteiger partial charge in [-0.15, -0.1) is 0 Å². The summed E-state index contributed by atoms with van der Waals surface area (Å²) in [6.45, 7) is 3.21. The molecule has 0 saturated heterocycles. The standard InChI is InChI=1S/C12H14BrNS/c1-3-14-7-9(8-15-2)11-5-4-10(13)6-12(11)14/h4-7H,3,8H2,1-2H3. The molecule has 0 atom stereocenters. The van der Waals surface area contributed by atoms with E-state index in [1.807, 2.05) is 11.8 Å². The van der Waals surface area contributed by atoms with Crippen LogP contribution in [-0.2, 0) is 12.3 Å². The average Bonchev–Trinajstić information content (AvgIpc) is 2.56. The summed E-state index contributed by atoms with van der Waals surface area (Å²) in [7, 11) is 0. The molecular formula is C12H14BrNS. The van der Waals surface area contributed by atoms with E-state index in [1.54, 1.807) is 0 Å². The first-order valence-electron chi connectivity index (χ1n) is 5.02. The summed E-state index contributed by atoms with van der Waals surface area (Å²) in [5, 5.41) is 1.38. The molecule has 0 bridgehead atoms. The van der Waals surface area contributed by atoms with E-state index in [4.69, 9.17) is 0 Å². The molecule has 2 aromatic rings. The highest BCUT2D eigenvalue weighted by atomic mass is 79.9. The van der Waals surface area contributed by atoms with Crippen LogP contribution in [0, 0.1) is 0 Å². The number of aromatic nitrogens is 1. The number of halogens is 1. The van der Waals surface area contributed by atoms with Crippen molar-refractivity contribution in [2.75, 3.05) is 6.26 Å². The number of rotatable bonds is 3. The van der Waals surface area contributed by atoms with Gasteiger partial charge in [-0.25, -0.2) is 0 Å². The molecule has 0 aliphatic rings. The van der Waals surface area contributed by atoms with Gasteiger partial charge in [0.15, 0.2) is 0 Å². The zero-order valence-corrected chi connectivity index (χ0v) is 11.4. The van der Waals surface area contributed by atoms with Gasteiger partial charge in [0.25, 0.3) is 0 Å². The monoisotopic (exact) mass is 283 g/mol. The highest BCUT2D eigenvalue weighted by molar-refractivity contribution is 9.10. The SMILES string of the molecule is CCn1cc(CSC)c2ccc(Br)cc21. The summed E-state index contributed by atoms with van der Waals surface area (Å²) in [5.41, 5.74) is 2.77. The van der Waals surface area contributed by atoms with E-state index >= 15 is 0 Å². The van der Waals surface area contributed by atoms with E-state index in [9.17, 15) is 0 Å². The van der Waals surface area contributed by atoms with Crippen molar-refractivity contribution >= 4 is 38.6 Å². The van der Waals surface area contributed by atoms with Gasteiger partial charge in [0.05, 0.1) is 0 Å². The molecule has 1 heterocycles. The Labute approximate surface area is 103 Å². The van der Waals surface area contributed by atoms with E-state index in [1.165, 1.54) is 16.5 Å². The fraction of sp³-hybridized carbons (Fsp3) is 0.333. The molecule has 2 rings (SSSR count). The molecule has 0 amide bonds. The van der Waals surface area contributed by atoms with Crippen molar-refractivity contribution in [3.8, 4) is 0 Å². The quantitative estimate of drug-likeness (QED) is 0.814. The lowest BCUT2D eigenvalue weighted by atomic mass is 10.2. The first kappa shape index (κ1) is 11.1. The Hall–Kier alpha value is -0.410. The van der Waals surface area contributed by atoms with Gasteiger partial charge >= 0.3 is 0 Å². The minimum Gasteiger partial charge on any atom is -0.347 e. The second kappa shape index (κ2) is 4.62. The molecule has 0 saturated carbocycles. The minimum atomic E-state index is 1.03. The van der Waals surface area contributed by atoms with Crippen LogP contribution in [0.5, 0.6) is 0 Å². The van der Waals surface area contributed by atoms with E-state index in [2.05, 4.69) is 58.1 Å². The number of fused-ring (bicyclic) bond motifs is 1. The molecule has 0 aliphatic heterocycles. The van der Waals surface area contributed by atoms with Gasteiger partial charge in [0.1, 0.15) is 0 Å². The van der Waals surface area contributed by atoms with Crippen molar-refractivity contribution in [2.45, 2.75) is 19.2 Å². The van der Waals surface area contributed by atoms with Gasteiger partial charge in [-0.3, -0.25) is 0 Å². The average molecular weight is 284 g/mol. The lowest BCUT2D eigenvalue weighted by molar-refractivity contribution is 0.795. The minimum absolute atomic E-state index is 1.03. The van der Waals surface area contributed by atoms with Crippen molar-refractivity contribution in [1.82, 2.24) is 4.57 Å². The molecule has 3 heteroatoms. The fourth-order valence-electron chi connectivity index (χ4n) is 1.87. The number of thioether (sulfide) groups is 1. The van der Waals surface area contributed by atoms with Crippen LogP contribution < -0.4 is 0 Å². The largest absolute Gasteiger partial charge is 0.347 e. The van der Waals surface area contributed by atoms with Gasteiger partial charge in [-0.1, -0.05) is 22.0 Å². The molecule has 0 fully saturated rings. The Balaban J connectivity index is 2.64. The molecule has 1 aromatic heterocycles. The van der Waals surface area contributed by atoms with Crippen LogP contribution >= 0.6 is 27.7 Å². The predicted molar refractivity (Wildman–Crippen MR) is 72.5 cm³/mol. The number of nitrogens with zero attached hydrogens (tertiary/aromatic N) is 1. The fourth-order valence-corrected chi connectivity index (χ4v) is 2.76. The Bertz CT molecular complexity index is 476. The molecule has 0 radical (unpaired) electrons. The Morgan fingerprint density at radius 1 is 1.40 bits per heavy atom. The Morgan fingerprint density at radius 2 is 2.20 bits per heavy atom. The van der Waals surface area contributed by atoms with E-state index < -0.39 is 0 Å². The van der Waals surface area contributed by atoms with E-state index in [0.717, 1.165) is 16.8 Å². The normalized spacial score (nSPS) is 11.1. The summed E-state index contributed by atoms with van der Waals surface area (Å²) in [4.78, 5) is 0. The zero-order chi connectivity index (χ0) is 10.8. The molecule has 0 aliphatic carbocycles. The van der Waals surface area contributed by atoms with Crippen LogP contribution in [0.25, 0.3) is 10.9 Å². The van der Waals surface area contributed by atoms with Crippen molar-refractivity contribution < 1.29 is 0 Å². The lowest BCUT2D eigenvalue weighted by Crippen LogP contribution is -1.90. The van der Waals surface area contributed by atoms with Crippen LogP contribution in [0.1, 0.15) is 12.5 Å². The predicted octanol–water partition coefficient (Wildman–Crippen LogP) is 4.29. The first-order chi connectivity index (χ1) is 7.26. The van der Waals surface area contributed by atoms with Crippen molar-refractivity contribution in [1.29, 1.82) is 0 Å². The van der Waals surface area contributed by atoms with E-state index in [-0.39, 0.29) is 0 Å². The van der Waals surface area contributed by atoms with Gasteiger partial charge in [0, 0.05) is 33.9 Å². The molecule has 1 nitrogen and oxygen atoms in total. The van der Waals surface area contributed by atoms with Gasteiger partial charge < -0.3 is 4.57 Å². The molecule has 80 valence electrons. The Morgan fingerprint density at radius 3 is 2.87 bits per heavy atom. The van der Waals surface area contributed by atoms with Crippen LogP contribution in [0.2, 0.25) is 0 Å². The summed E-state index contributed by atoms with van der Waals surface area (Å²) in [6.07, 6.45) is 4.42. The number of aryl methyl sites for hydroxylation is 1. The van der Waals surface area contributed by atoms with Gasteiger partial charge in [-0.05, 0) is 30.9 Å². The first-order valence-corrected chi connectivity index (χ1v) is 7.21. The molecule has 15 heavy (non-hydrogen) atoms. The highest BCUT2D eigenvalue weighted by Gasteiger charge is 2.07. The third-order valence-electron chi connectivity index (χ3n) is 2.57. The molecule has 0 spiro atoms. The number of hydrogen-bond acceptors (Lipinski definition) is 1. The maximum absolute atomic E-state index is 3.53. The van der Waals surface area contributed by atoms with E-state index in [0.29, 0.717) is 0 Å². The highest BCUT2D eigenvalue weighted by Crippen LogP contribution is 2.27. The maximum atomic E-state index is 3.53. The second-order valence-corrected chi connectivity index (χ2v) is 5.32.